The van der Waals surface area contributed by atoms with E-state index in [1.54, 1.807) is 0 Å². The van der Waals surface area contributed by atoms with Gasteiger partial charge in [0.15, 0.2) is 5.65 Å². The maximum absolute atomic E-state index is 13.4. The Morgan fingerprint density at radius 2 is 1.80 bits per heavy atom. The Morgan fingerprint density at radius 1 is 1.03 bits per heavy atom. The van der Waals surface area contributed by atoms with E-state index < -0.39 is 0 Å². The molecular weight excluding hydrogens is 372 g/mol. The summed E-state index contributed by atoms with van der Waals surface area (Å²) in [4.78, 5) is 18.3. The van der Waals surface area contributed by atoms with E-state index in [2.05, 4.69) is 18.3 Å². The van der Waals surface area contributed by atoms with Crippen LogP contribution in [0.2, 0.25) is 0 Å². The van der Waals surface area contributed by atoms with Gasteiger partial charge in [-0.1, -0.05) is 30.3 Å². The highest BCUT2D eigenvalue weighted by Crippen LogP contribution is 2.41. The lowest BCUT2D eigenvalue weighted by atomic mass is 10.1. The number of amides is 1. The van der Waals surface area contributed by atoms with Crippen molar-refractivity contribution in [3.8, 4) is 5.69 Å². The van der Waals surface area contributed by atoms with E-state index in [1.165, 1.54) is 0 Å². The molecule has 1 saturated carbocycles. The standard InChI is InChI=1S/C25H24N4O/c1-15-8-7-11-21(16(15)2)27-25(30)20-14-22(18-12-13-18)26-24-23(20)17(3)28-29(24)19-9-5-4-6-10-19/h4-11,14,18H,12-13H2,1-3H3,(H,27,30). The largest absolute Gasteiger partial charge is 0.322 e. The summed E-state index contributed by atoms with van der Waals surface area (Å²) in [7, 11) is 0. The fourth-order valence-electron chi connectivity index (χ4n) is 3.90. The van der Waals surface area contributed by atoms with Gasteiger partial charge in [-0.15, -0.1) is 0 Å². The van der Waals surface area contributed by atoms with Gasteiger partial charge < -0.3 is 5.32 Å². The predicted molar refractivity (Wildman–Crippen MR) is 119 cm³/mol. The van der Waals surface area contributed by atoms with Crippen molar-refractivity contribution >= 4 is 22.6 Å². The minimum atomic E-state index is -0.117. The summed E-state index contributed by atoms with van der Waals surface area (Å²) >= 11 is 0. The first kappa shape index (κ1) is 18.6. The second-order valence-corrected chi connectivity index (χ2v) is 8.10. The molecule has 0 aliphatic heterocycles. The van der Waals surface area contributed by atoms with Gasteiger partial charge in [-0.25, -0.2) is 9.67 Å². The Balaban J connectivity index is 1.66. The molecule has 5 rings (SSSR count). The van der Waals surface area contributed by atoms with Crippen LogP contribution in [-0.2, 0) is 0 Å². The summed E-state index contributed by atoms with van der Waals surface area (Å²) in [5, 5.41) is 8.67. The molecule has 1 aliphatic rings. The molecule has 1 N–H and O–H groups in total. The average molecular weight is 396 g/mol. The lowest BCUT2D eigenvalue weighted by Crippen LogP contribution is -2.15. The Bertz CT molecular complexity index is 1270. The molecule has 1 aliphatic carbocycles. The number of rotatable bonds is 4. The average Bonchev–Trinajstić information content (AvgIpc) is 3.55. The summed E-state index contributed by atoms with van der Waals surface area (Å²) in [5.74, 6) is 0.315. The third-order valence-electron chi connectivity index (χ3n) is 5.93. The molecule has 5 heteroatoms. The van der Waals surface area contributed by atoms with Crippen LogP contribution in [-0.4, -0.2) is 20.7 Å². The van der Waals surface area contributed by atoms with Crippen LogP contribution in [0.4, 0.5) is 5.69 Å². The molecule has 4 aromatic rings. The number of hydrogen-bond donors (Lipinski definition) is 1. The van der Waals surface area contributed by atoms with Crippen LogP contribution in [0, 0.1) is 20.8 Å². The normalized spacial score (nSPS) is 13.6. The molecule has 150 valence electrons. The number of anilines is 1. The van der Waals surface area contributed by atoms with Crippen molar-refractivity contribution < 1.29 is 4.79 Å². The summed E-state index contributed by atoms with van der Waals surface area (Å²) < 4.78 is 1.85. The molecule has 30 heavy (non-hydrogen) atoms. The lowest BCUT2D eigenvalue weighted by Gasteiger charge is -2.12. The topological polar surface area (TPSA) is 59.8 Å². The molecule has 0 bridgehead atoms. The van der Waals surface area contributed by atoms with Crippen molar-refractivity contribution in [3.05, 3.63) is 82.7 Å². The van der Waals surface area contributed by atoms with E-state index in [-0.39, 0.29) is 5.91 Å². The fraction of sp³-hybridized carbons (Fsp3) is 0.240. The van der Waals surface area contributed by atoms with Gasteiger partial charge in [0, 0.05) is 17.3 Å². The zero-order chi connectivity index (χ0) is 20.8. The minimum Gasteiger partial charge on any atom is -0.322 e. The van der Waals surface area contributed by atoms with E-state index >= 15 is 0 Å². The molecule has 0 atom stereocenters. The minimum absolute atomic E-state index is 0.117. The number of aryl methyl sites for hydroxylation is 2. The highest BCUT2D eigenvalue weighted by atomic mass is 16.1. The van der Waals surface area contributed by atoms with E-state index in [0.29, 0.717) is 11.5 Å². The van der Waals surface area contributed by atoms with Gasteiger partial charge in [0.2, 0.25) is 0 Å². The Kier molecular flexibility index (Phi) is 4.39. The van der Waals surface area contributed by atoms with Gasteiger partial charge in [-0.3, -0.25) is 4.79 Å². The second kappa shape index (κ2) is 7.10. The third-order valence-corrected chi connectivity index (χ3v) is 5.93. The zero-order valence-corrected chi connectivity index (χ0v) is 17.4. The van der Waals surface area contributed by atoms with Crippen molar-refractivity contribution in [2.24, 2.45) is 0 Å². The van der Waals surface area contributed by atoms with Crippen LogP contribution < -0.4 is 5.32 Å². The van der Waals surface area contributed by atoms with Crippen molar-refractivity contribution in [2.45, 2.75) is 39.5 Å². The van der Waals surface area contributed by atoms with Crippen LogP contribution in [0.15, 0.2) is 54.6 Å². The smallest absolute Gasteiger partial charge is 0.256 e. The first-order valence-electron chi connectivity index (χ1n) is 10.4. The molecule has 2 aromatic heterocycles. The zero-order valence-electron chi connectivity index (χ0n) is 17.4. The van der Waals surface area contributed by atoms with Crippen molar-refractivity contribution in [1.82, 2.24) is 14.8 Å². The van der Waals surface area contributed by atoms with Gasteiger partial charge in [0.25, 0.3) is 5.91 Å². The van der Waals surface area contributed by atoms with E-state index in [0.717, 1.165) is 57.8 Å². The van der Waals surface area contributed by atoms with Crippen molar-refractivity contribution in [1.29, 1.82) is 0 Å². The van der Waals surface area contributed by atoms with E-state index in [4.69, 9.17) is 10.1 Å². The third kappa shape index (κ3) is 3.16. The Labute approximate surface area is 175 Å². The quantitative estimate of drug-likeness (QED) is 0.497. The van der Waals surface area contributed by atoms with E-state index in [1.807, 2.05) is 67.1 Å². The Morgan fingerprint density at radius 3 is 2.53 bits per heavy atom. The van der Waals surface area contributed by atoms with Gasteiger partial charge in [-0.05, 0) is 69.0 Å². The van der Waals surface area contributed by atoms with Gasteiger partial charge in [0.1, 0.15) is 0 Å². The van der Waals surface area contributed by atoms with Gasteiger partial charge in [0.05, 0.1) is 22.3 Å². The second-order valence-electron chi connectivity index (χ2n) is 8.10. The maximum atomic E-state index is 13.4. The lowest BCUT2D eigenvalue weighted by molar-refractivity contribution is 0.102. The van der Waals surface area contributed by atoms with Crippen molar-refractivity contribution in [2.75, 3.05) is 5.32 Å². The maximum Gasteiger partial charge on any atom is 0.256 e. The Hall–Kier alpha value is -3.47. The number of nitrogens with one attached hydrogen (secondary N) is 1. The first-order valence-corrected chi connectivity index (χ1v) is 10.4. The summed E-state index contributed by atoms with van der Waals surface area (Å²) in [6.07, 6.45) is 2.24. The van der Waals surface area contributed by atoms with Gasteiger partial charge >= 0.3 is 0 Å². The molecule has 0 saturated heterocycles. The monoisotopic (exact) mass is 396 g/mol. The molecular formula is C25H24N4O. The number of hydrogen-bond acceptors (Lipinski definition) is 3. The molecule has 2 heterocycles. The van der Waals surface area contributed by atoms with Crippen LogP contribution in [0.1, 0.15) is 51.6 Å². The summed E-state index contributed by atoms with van der Waals surface area (Å²) in [5.41, 5.74) is 7.18. The molecule has 0 radical (unpaired) electrons. The summed E-state index contributed by atoms with van der Waals surface area (Å²) in [6.45, 7) is 6.02. The van der Waals surface area contributed by atoms with Crippen LogP contribution in [0.3, 0.4) is 0 Å². The number of carbonyl (C=O) groups excluding carboxylic acids is 1. The molecule has 5 nitrogen and oxygen atoms in total. The number of aromatic nitrogens is 3. The molecule has 0 spiro atoms. The SMILES string of the molecule is Cc1cccc(NC(=O)c2cc(C3CC3)nc3c2c(C)nn3-c2ccccc2)c1C. The van der Waals surface area contributed by atoms with Gasteiger partial charge in [-0.2, -0.15) is 5.10 Å². The molecule has 0 unspecified atom stereocenters. The predicted octanol–water partition coefficient (Wildman–Crippen LogP) is 5.48. The molecule has 1 amide bonds. The highest BCUT2D eigenvalue weighted by Gasteiger charge is 2.29. The number of nitrogens with zero attached hydrogens (tertiary/aromatic N) is 3. The highest BCUT2D eigenvalue weighted by molar-refractivity contribution is 6.13. The molecule has 2 aromatic carbocycles. The van der Waals surface area contributed by atoms with Crippen molar-refractivity contribution in [3.63, 3.8) is 0 Å². The van der Waals surface area contributed by atoms with Crippen LogP contribution in [0.25, 0.3) is 16.7 Å². The number of benzene rings is 2. The number of pyridine rings is 1. The van der Waals surface area contributed by atoms with Crippen LogP contribution in [0.5, 0.6) is 0 Å². The molecule has 1 fully saturated rings. The summed E-state index contributed by atoms with van der Waals surface area (Å²) in [6, 6.07) is 17.9. The van der Waals surface area contributed by atoms with E-state index in [9.17, 15) is 4.79 Å². The number of para-hydroxylation sites is 1. The fourth-order valence-corrected chi connectivity index (χ4v) is 3.90. The first-order chi connectivity index (χ1) is 14.5. The number of fused-ring (bicyclic) bond motifs is 1. The van der Waals surface area contributed by atoms with Crippen LogP contribution >= 0.6 is 0 Å². The number of carbonyl (C=O) groups is 1.